The minimum absolute atomic E-state index is 0.528. The van der Waals surface area contributed by atoms with Crippen LogP contribution in [0.25, 0.3) is 12.2 Å². The first-order valence-corrected chi connectivity index (χ1v) is 17.9. The molecule has 0 saturated heterocycles. The van der Waals surface area contributed by atoms with E-state index in [0.29, 0.717) is 34.8 Å². The zero-order valence-corrected chi connectivity index (χ0v) is 27.8. The number of hydrogen-bond acceptors (Lipinski definition) is 0. The monoisotopic (exact) mass is 546 g/mol. The van der Waals surface area contributed by atoms with Crippen molar-refractivity contribution >= 4 is 20.9 Å². The molecule has 210 valence electrons. The molecule has 2 aliphatic carbocycles. The van der Waals surface area contributed by atoms with Crippen LogP contribution in [0.2, 0.25) is 0 Å². The summed E-state index contributed by atoms with van der Waals surface area (Å²) in [5, 5.41) is 0. The molecule has 1 heteroatoms. The molecule has 0 heterocycles. The van der Waals surface area contributed by atoms with E-state index in [-0.39, 0.29) is 0 Å². The lowest BCUT2D eigenvalue weighted by molar-refractivity contribution is 0.823. The first-order valence-electron chi connectivity index (χ1n) is 15.7. The van der Waals surface area contributed by atoms with E-state index in [4.69, 9.17) is 0 Å². The van der Waals surface area contributed by atoms with Gasteiger partial charge in [0, 0.05) is 0 Å². The second-order valence-electron chi connectivity index (χ2n) is 13.9. The SMILES string of the molecule is CC1=Cc2c(C(C)C)cc(C(C)C)cc2C1[SiH](Cc1ccccc1)C1C(C)=Cc2c(C(C)C)cc(C(C)C)cc21. The summed E-state index contributed by atoms with van der Waals surface area (Å²) >= 11 is 0. The molecular formula is C39H50Si. The van der Waals surface area contributed by atoms with E-state index in [1.807, 2.05) is 0 Å². The molecule has 0 aromatic heterocycles. The van der Waals surface area contributed by atoms with Gasteiger partial charge in [0.2, 0.25) is 0 Å². The minimum atomic E-state index is -1.50. The number of benzene rings is 3. The molecular weight excluding hydrogens is 497 g/mol. The molecule has 0 amide bonds. The average Bonchev–Trinajstić information content (AvgIpc) is 3.41. The van der Waals surface area contributed by atoms with Gasteiger partial charge in [-0.1, -0.05) is 139 Å². The highest BCUT2D eigenvalue weighted by molar-refractivity contribution is 6.64. The fourth-order valence-corrected chi connectivity index (χ4v) is 12.2. The molecule has 0 spiro atoms. The lowest BCUT2D eigenvalue weighted by Crippen LogP contribution is -2.34. The summed E-state index contributed by atoms with van der Waals surface area (Å²) in [6.45, 7) is 23.8. The predicted octanol–water partition coefficient (Wildman–Crippen LogP) is 11.0. The van der Waals surface area contributed by atoms with Crippen LogP contribution in [0.1, 0.15) is 154 Å². The molecule has 0 bridgehead atoms. The number of rotatable bonds is 8. The maximum Gasteiger partial charge on any atom is 0.0671 e. The smallest absolute Gasteiger partial charge is 0.0671 e. The molecule has 0 fully saturated rings. The van der Waals surface area contributed by atoms with Gasteiger partial charge in [-0.25, -0.2) is 0 Å². The second kappa shape index (κ2) is 11.3. The Labute approximate surface area is 246 Å². The largest absolute Gasteiger partial charge is 0.0682 e. The number of allylic oxidation sites excluding steroid dienone is 2. The van der Waals surface area contributed by atoms with Crippen LogP contribution in [0.5, 0.6) is 0 Å². The van der Waals surface area contributed by atoms with Crippen LogP contribution < -0.4 is 0 Å². The van der Waals surface area contributed by atoms with Crippen molar-refractivity contribution in [3.63, 3.8) is 0 Å². The molecule has 5 rings (SSSR count). The molecule has 0 aliphatic heterocycles. The Morgan fingerprint density at radius 2 is 1.00 bits per heavy atom. The van der Waals surface area contributed by atoms with Gasteiger partial charge in [0.05, 0.1) is 8.80 Å². The van der Waals surface area contributed by atoms with Crippen molar-refractivity contribution < 1.29 is 0 Å². The van der Waals surface area contributed by atoms with Gasteiger partial charge < -0.3 is 0 Å². The van der Waals surface area contributed by atoms with Gasteiger partial charge in [-0.3, -0.25) is 0 Å². The van der Waals surface area contributed by atoms with Crippen molar-refractivity contribution in [3.05, 3.63) is 116 Å². The van der Waals surface area contributed by atoms with E-state index in [0.717, 1.165) is 0 Å². The van der Waals surface area contributed by atoms with Gasteiger partial charge in [-0.2, -0.15) is 0 Å². The third kappa shape index (κ3) is 5.23. The number of hydrogen-bond donors (Lipinski definition) is 0. The van der Waals surface area contributed by atoms with Crippen molar-refractivity contribution in [2.45, 2.75) is 110 Å². The molecule has 40 heavy (non-hydrogen) atoms. The summed E-state index contributed by atoms with van der Waals surface area (Å²) in [6, 6.07) is 22.8. The van der Waals surface area contributed by atoms with E-state index in [1.165, 1.54) is 33.9 Å². The second-order valence-corrected chi connectivity index (χ2v) is 17.0. The molecule has 0 nitrogen and oxygen atoms in total. The van der Waals surface area contributed by atoms with Gasteiger partial charge in [0.1, 0.15) is 0 Å². The lowest BCUT2D eigenvalue weighted by Gasteiger charge is -2.33. The van der Waals surface area contributed by atoms with E-state index in [2.05, 4.69) is 136 Å². The molecule has 0 N–H and O–H groups in total. The standard InChI is InChI=1S/C39H50Si/c1-23(2)30-18-32(25(5)6)34-16-27(9)38(36(34)20-30)40(22-29-14-12-11-13-15-29)39-28(10)17-35-33(26(7)8)19-31(24(3)4)21-37(35)39/h11-21,23-26,38-40H,22H2,1-10H3. The Morgan fingerprint density at radius 3 is 1.38 bits per heavy atom. The van der Waals surface area contributed by atoms with Crippen LogP contribution in [-0.2, 0) is 6.04 Å². The van der Waals surface area contributed by atoms with E-state index in [9.17, 15) is 0 Å². The Bertz CT molecular complexity index is 1360. The van der Waals surface area contributed by atoms with Crippen LogP contribution in [0.4, 0.5) is 0 Å². The van der Waals surface area contributed by atoms with Crippen molar-refractivity contribution in [2.75, 3.05) is 0 Å². The first kappa shape index (κ1) is 28.9. The van der Waals surface area contributed by atoms with Gasteiger partial charge in [0.25, 0.3) is 0 Å². The van der Waals surface area contributed by atoms with Crippen molar-refractivity contribution in [3.8, 4) is 0 Å². The summed E-state index contributed by atoms with van der Waals surface area (Å²) in [7, 11) is -1.50. The Morgan fingerprint density at radius 1 is 0.575 bits per heavy atom. The number of fused-ring (bicyclic) bond motifs is 2. The third-order valence-electron chi connectivity index (χ3n) is 9.68. The highest BCUT2D eigenvalue weighted by atomic mass is 28.3. The van der Waals surface area contributed by atoms with Crippen LogP contribution in [0, 0.1) is 0 Å². The Hall–Kier alpha value is -2.64. The summed E-state index contributed by atoms with van der Waals surface area (Å²) < 4.78 is 0. The summed E-state index contributed by atoms with van der Waals surface area (Å²) in [6.07, 6.45) is 5.15. The lowest BCUT2D eigenvalue weighted by atomic mass is 9.89. The highest BCUT2D eigenvalue weighted by Crippen LogP contribution is 2.51. The molecule has 2 atom stereocenters. The fraction of sp³-hybridized carbons (Fsp3) is 0.436. The van der Waals surface area contributed by atoms with Gasteiger partial charge >= 0.3 is 0 Å². The molecule has 2 aliphatic rings. The third-order valence-corrected chi connectivity index (χ3v) is 14.1. The van der Waals surface area contributed by atoms with E-state index in [1.54, 1.807) is 33.4 Å². The maximum atomic E-state index is 2.60. The van der Waals surface area contributed by atoms with E-state index < -0.39 is 8.80 Å². The zero-order valence-electron chi connectivity index (χ0n) is 26.6. The zero-order chi connectivity index (χ0) is 28.9. The summed E-state index contributed by atoms with van der Waals surface area (Å²) in [5.41, 5.74) is 18.2. The molecule has 3 aromatic rings. The van der Waals surface area contributed by atoms with Gasteiger partial charge in [-0.05, 0) is 99.2 Å². The Balaban J connectivity index is 1.73. The van der Waals surface area contributed by atoms with Crippen LogP contribution in [0.3, 0.4) is 0 Å². The quantitative estimate of drug-likeness (QED) is 0.246. The predicted molar refractivity (Wildman–Crippen MR) is 179 cm³/mol. The van der Waals surface area contributed by atoms with Crippen LogP contribution >= 0.6 is 0 Å². The topological polar surface area (TPSA) is 0 Å². The summed E-state index contributed by atoms with van der Waals surface area (Å²) in [5.74, 6) is 2.13. The molecule has 0 saturated carbocycles. The van der Waals surface area contributed by atoms with E-state index >= 15 is 0 Å². The Kier molecular flexibility index (Phi) is 8.17. The fourth-order valence-electron chi connectivity index (χ4n) is 7.49. The van der Waals surface area contributed by atoms with Crippen molar-refractivity contribution in [2.24, 2.45) is 0 Å². The van der Waals surface area contributed by atoms with Crippen molar-refractivity contribution in [1.29, 1.82) is 0 Å². The minimum Gasteiger partial charge on any atom is -0.0682 e. The average molecular weight is 547 g/mol. The molecule has 3 aromatic carbocycles. The maximum absolute atomic E-state index is 2.60. The van der Waals surface area contributed by atoms with Crippen LogP contribution in [-0.4, -0.2) is 8.80 Å². The van der Waals surface area contributed by atoms with Crippen molar-refractivity contribution in [1.82, 2.24) is 0 Å². The molecule has 2 unspecified atom stereocenters. The molecule has 0 radical (unpaired) electrons. The van der Waals surface area contributed by atoms with Gasteiger partial charge in [-0.15, -0.1) is 0 Å². The highest BCUT2D eigenvalue weighted by Gasteiger charge is 2.42. The van der Waals surface area contributed by atoms with Crippen LogP contribution in [0.15, 0.2) is 65.7 Å². The summed E-state index contributed by atoms with van der Waals surface area (Å²) in [4.78, 5) is 0. The van der Waals surface area contributed by atoms with Gasteiger partial charge in [0.15, 0.2) is 0 Å². The normalized spacial score (nSPS) is 18.9. The first-order chi connectivity index (χ1) is 19.0.